The fraction of sp³-hybridized carbons (Fsp3) is 0.188. The zero-order valence-electron chi connectivity index (χ0n) is 12.1. The second-order valence-electron chi connectivity index (χ2n) is 5.20. The van der Waals surface area contributed by atoms with Crippen LogP contribution in [0.5, 0.6) is 0 Å². The van der Waals surface area contributed by atoms with E-state index < -0.39 is 11.9 Å². The molecule has 0 bridgehead atoms. The lowest BCUT2D eigenvalue weighted by atomic mass is 9.99. The summed E-state index contributed by atoms with van der Waals surface area (Å²) in [6.07, 6.45) is -0.222. The zero-order valence-corrected chi connectivity index (χ0v) is 12.1. The molecule has 0 radical (unpaired) electrons. The quantitative estimate of drug-likeness (QED) is 0.774. The van der Waals surface area contributed by atoms with Crippen LogP contribution in [-0.2, 0) is 11.2 Å². The molecule has 0 aliphatic rings. The fourth-order valence-corrected chi connectivity index (χ4v) is 2.93. The van der Waals surface area contributed by atoms with E-state index in [4.69, 9.17) is 5.11 Å². The SMILES string of the molecule is Cc1c(CC(=O)O)c(C)n2c(nc3ccccc32)c1C(=O)O. The molecule has 6 nitrogen and oxygen atoms in total. The second kappa shape index (κ2) is 4.84. The number of aryl methyl sites for hydroxylation is 1. The number of imidazole rings is 1. The third kappa shape index (κ3) is 1.92. The van der Waals surface area contributed by atoms with Gasteiger partial charge in [-0.3, -0.25) is 9.20 Å². The predicted molar refractivity (Wildman–Crippen MR) is 80.5 cm³/mol. The number of carboxylic acid groups (broad SMARTS) is 2. The Labute approximate surface area is 125 Å². The van der Waals surface area contributed by atoms with Gasteiger partial charge in [-0.25, -0.2) is 9.78 Å². The number of aromatic carboxylic acids is 1. The van der Waals surface area contributed by atoms with E-state index in [0.29, 0.717) is 28.0 Å². The van der Waals surface area contributed by atoms with Crippen molar-refractivity contribution in [2.75, 3.05) is 0 Å². The third-order valence-corrected chi connectivity index (χ3v) is 3.93. The van der Waals surface area contributed by atoms with Crippen LogP contribution in [0.2, 0.25) is 0 Å². The molecule has 6 heteroatoms. The molecule has 0 aliphatic heterocycles. The maximum atomic E-state index is 11.7. The first-order chi connectivity index (χ1) is 10.4. The van der Waals surface area contributed by atoms with E-state index in [0.717, 1.165) is 5.52 Å². The Morgan fingerprint density at radius 1 is 1.18 bits per heavy atom. The van der Waals surface area contributed by atoms with Crippen LogP contribution in [0.15, 0.2) is 24.3 Å². The molecule has 2 N–H and O–H groups in total. The summed E-state index contributed by atoms with van der Waals surface area (Å²) in [5.41, 5.74) is 3.52. The number of rotatable bonds is 3. The minimum atomic E-state index is -1.11. The Hall–Kier alpha value is -2.89. The van der Waals surface area contributed by atoms with Gasteiger partial charge in [0.1, 0.15) is 5.56 Å². The first-order valence-corrected chi connectivity index (χ1v) is 6.76. The average molecular weight is 298 g/mol. The molecule has 3 aromatic rings. The molecule has 0 atom stereocenters. The first kappa shape index (κ1) is 14.1. The van der Waals surface area contributed by atoms with Crippen molar-refractivity contribution >= 4 is 28.6 Å². The van der Waals surface area contributed by atoms with Crippen LogP contribution in [-0.4, -0.2) is 31.5 Å². The van der Waals surface area contributed by atoms with Crippen molar-refractivity contribution in [3.63, 3.8) is 0 Å². The van der Waals surface area contributed by atoms with Crippen molar-refractivity contribution in [2.24, 2.45) is 0 Å². The van der Waals surface area contributed by atoms with Gasteiger partial charge in [-0.05, 0) is 37.1 Å². The van der Waals surface area contributed by atoms with Crippen molar-refractivity contribution in [3.05, 3.63) is 46.6 Å². The van der Waals surface area contributed by atoms with Crippen LogP contribution in [0.4, 0.5) is 0 Å². The Bertz CT molecular complexity index is 940. The monoisotopic (exact) mass is 298 g/mol. The van der Waals surface area contributed by atoms with E-state index >= 15 is 0 Å². The first-order valence-electron chi connectivity index (χ1n) is 6.76. The number of carboxylic acids is 2. The Balaban J connectivity index is 2.55. The number of hydrogen-bond acceptors (Lipinski definition) is 3. The number of fused-ring (bicyclic) bond motifs is 3. The van der Waals surface area contributed by atoms with Gasteiger partial charge in [-0.2, -0.15) is 0 Å². The highest BCUT2D eigenvalue weighted by molar-refractivity contribution is 5.99. The average Bonchev–Trinajstić information content (AvgIpc) is 2.81. The second-order valence-corrected chi connectivity index (χ2v) is 5.20. The van der Waals surface area contributed by atoms with Gasteiger partial charge in [-0.1, -0.05) is 12.1 Å². The fourth-order valence-electron chi connectivity index (χ4n) is 2.93. The molecule has 0 amide bonds. The zero-order chi connectivity index (χ0) is 16.0. The molecule has 1 aromatic carbocycles. The number of aliphatic carboxylic acids is 1. The number of aromatic nitrogens is 2. The number of nitrogens with zero attached hydrogens (tertiary/aromatic N) is 2. The topological polar surface area (TPSA) is 91.9 Å². The highest BCUT2D eigenvalue weighted by Gasteiger charge is 2.23. The minimum absolute atomic E-state index is 0.0538. The van der Waals surface area contributed by atoms with E-state index in [1.54, 1.807) is 24.3 Å². The minimum Gasteiger partial charge on any atom is -0.481 e. The molecule has 2 heterocycles. The molecule has 0 unspecified atom stereocenters. The standard InChI is InChI=1S/C16H14N2O4/c1-8-10(7-13(19)20)9(2)18-12-6-4-3-5-11(12)17-15(18)14(8)16(21)22/h3-6H,7H2,1-2H3,(H,19,20)(H,21,22). The molecule has 0 saturated carbocycles. The lowest BCUT2D eigenvalue weighted by molar-refractivity contribution is -0.136. The molecule has 3 rings (SSSR count). The van der Waals surface area contributed by atoms with Crippen LogP contribution in [0.1, 0.15) is 27.2 Å². The van der Waals surface area contributed by atoms with Crippen LogP contribution in [0.25, 0.3) is 16.7 Å². The van der Waals surface area contributed by atoms with Crippen molar-refractivity contribution in [2.45, 2.75) is 20.3 Å². The summed E-state index contributed by atoms with van der Waals surface area (Å²) in [5, 5.41) is 18.6. The van der Waals surface area contributed by atoms with Crippen LogP contribution < -0.4 is 0 Å². The number of hydrogen-bond donors (Lipinski definition) is 2. The molecule has 0 aliphatic carbocycles. The van der Waals surface area contributed by atoms with Crippen molar-refractivity contribution < 1.29 is 19.8 Å². The summed E-state index contributed by atoms with van der Waals surface area (Å²) >= 11 is 0. The van der Waals surface area contributed by atoms with Crippen molar-refractivity contribution in [1.29, 1.82) is 0 Å². The van der Waals surface area contributed by atoms with E-state index in [-0.39, 0.29) is 12.0 Å². The Morgan fingerprint density at radius 2 is 1.86 bits per heavy atom. The van der Waals surface area contributed by atoms with Gasteiger partial charge in [-0.15, -0.1) is 0 Å². The summed E-state index contributed by atoms with van der Waals surface area (Å²) in [5.74, 6) is -2.10. The molecule has 0 spiro atoms. The summed E-state index contributed by atoms with van der Waals surface area (Å²) in [6.45, 7) is 3.42. The maximum Gasteiger partial charge on any atom is 0.339 e. The highest BCUT2D eigenvalue weighted by Crippen LogP contribution is 2.28. The van der Waals surface area contributed by atoms with E-state index in [9.17, 15) is 14.7 Å². The highest BCUT2D eigenvalue weighted by atomic mass is 16.4. The van der Waals surface area contributed by atoms with Gasteiger partial charge in [0.25, 0.3) is 0 Å². The molecule has 2 aromatic heterocycles. The van der Waals surface area contributed by atoms with Crippen LogP contribution in [0, 0.1) is 13.8 Å². The Morgan fingerprint density at radius 3 is 2.50 bits per heavy atom. The number of para-hydroxylation sites is 2. The van der Waals surface area contributed by atoms with Crippen molar-refractivity contribution in [3.8, 4) is 0 Å². The van der Waals surface area contributed by atoms with Gasteiger partial charge >= 0.3 is 11.9 Å². The number of pyridine rings is 1. The summed E-state index contributed by atoms with van der Waals surface area (Å²) in [7, 11) is 0. The van der Waals surface area contributed by atoms with Gasteiger partial charge in [0, 0.05) is 5.69 Å². The van der Waals surface area contributed by atoms with E-state index in [2.05, 4.69) is 4.98 Å². The molecule has 0 fully saturated rings. The summed E-state index contributed by atoms with van der Waals surface area (Å²) < 4.78 is 1.73. The van der Waals surface area contributed by atoms with Crippen LogP contribution >= 0.6 is 0 Å². The smallest absolute Gasteiger partial charge is 0.339 e. The van der Waals surface area contributed by atoms with Gasteiger partial charge < -0.3 is 10.2 Å². The van der Waals surface area contributed by atoms with Gasteiger partial charge in [0.15, 0.2) is 5.65 Å². The molecule has 112 valence electrons. The summed E-state index contributed by atoms with van der Waals surface area (Å²) in [4.78, 5) is 27.2. The maximum absolute atomic E-state index is 11.7. The normalized spacial score (nSPS) is 11.2. The molecule has 22 heavy (non-hydrogen) atoms. The summed E-state index contributed by atoms with van der Waals surface area (Å²) in [6, 6.07) is 7.32. The molecular weight excluding hydrogens is 284 g/mol. The largest absolute Gasteiger partial charge is 0.481 e. The van der Waals surface area contributed by atoms with Gasteiger partial charge in [0.2, 0.25) is 0 Å². The van der Waals surface area contributed by atoms with Crippen LogP contribution in [0.3, 0.4) is 0 Å². The molecule has 0 saturated heterocycles. The lowest BCUT2D eigenvalue weighted by Crippen LogP contribution is -2.13. The Kier molecular flexibility index (Phi) is 3.09. The lowest BCUT2D eigenvalue weighted by Gasteiger charge is -2.14. The number of benzene rings is 1. The number of carbonyl (C=O) groups is 2. The molecular formula is C16H14N2O4. The van der Waals surface area contributed by atoms with E-state index in [1.165, 1.54) is 0 Å². The van der Waals surface area contributed by atoms with E-state index in [1.807, 2.05) is 18.2 Å². The van der Waals surface area contributed by atoms with Crippen molar-refractivity contribution in [1.82, 2.24) is 9.38 Å². The third-order valence-electron chi connectivity index (χ3n) is 3.93. The predicted octanol–water partition coefficient (Wildman–Crippen LogP) is 2.43. The van der Waals surface area contributed by atoms with Gasteiger partial charge in [0.05, 0.1) is 17.5 Å².